The lowest BCUT2D eigenvalue weighted by Gasteiger charge is -2.37. The fourth-order valence-corrected chi connectivity index (χ4v) is 3.25. The Hall–Kier alpha value is -2.03. The van der Waals surface area contributed by atoms with Gasteiger partial charge in [0, 0.05) is 51.2 Å². The minimum atomic E-state index is 0. The average molecular weight is 495 g/mol. The molecule has 0 saturated carbocycles. The zero-order valence-corrected chi connectivity index (χ0v) is 19.0. The number of hydrogen-bond donors (Lipinski definition) is 2. The van der Waals surface area contributed by atoms with Crippen LogP contribution in [-0.2, 0) is 6.42 Å². The van der Waals surface area contributed by atoms with E-state index in [0.717, 1.165) is 63.0 Å². The predicted octanol–water partition coefficient (Wildman–Crippen LogP) is 3.04. The van der Waals surface area contributed by atoms with Crippen LogP contribution in [0.1, 0.15) is 18.2 Å². The number of rotatable bonds is 5. The van der Waals surface area contributed by atoms with Crippen LogP contribution in [0.5, 0.6) is 5.75 Å². The van der Waals surface area contributed by atoms with Crippen molar-refractivity contribution in [2.45, 2.75) is 20.3 Å². The lowest BCUT2D eigenvalue weighted by molar-refractivity contribution is 0.370. The van der Waals surface area contributed by atoms with Gasteiger partial charge in [0.25, 0.3) is 0 Å². The second kappa shape index (κ2) is 11.1. The second-order valence-electron chi connectivity index (χ2n) is 6.76. The van der Waals surface area contributed by atoms with Crippen LogP contribution in [0.4, 0.5) is 5.69 Å². The molecule has 1 aliphatic heterocycles. The van der Waals surface area contributed by atoms with E-state index in [0.29, 0.717) is 5.75 Å². The molecule has 152 valence electrons. The van der Waals surface area contributed by atoms with E-state index in [9.17, 15) is 5.11 Å². The number of benzene rings is 1. The summed E-state index contributed by atoms with van der Waals surface area (Å²) in [7, 11) is 0. The van der Waals surface area contributed by atoms with Gasteiger partial charge < -0.3 is 20.2 Å². The summed E-state index contributed by atoms with van der Waals surface area (Å²) >= 11 is 0. The smallest absolute Gasteiger partial charge is 0.194 e. The van der Waals surface area contributed by atoms with Gasteiger partial charge in [-0.2, -0.15) is 0 Å². The monoisotopic (exact) mass is 495 g/mol. The third kappa shape index (κ3) is 5.98. The SMILES string of the molecule is CCNC(=NCCc1ccc(C)nc1)N1CCN(c2ccccc2O)CC1.I. The Morgan fingerprint density at radius 3 is 2.54 bits per heavy atom. The maximum absolute atomic E-state index is 10.1. The Bertz CT molecular complexity index is 758. The zero-order chi connectivity index (χ0) is 19.1. The summed E-state index contributed by atoms with van der Waals surface area (Å²) in [4.78, 5) is 13.7. The number of piperazine rings is 1. The lowest BCUT2D eigenvalue weighted by atomic mass is 10.2. The number of pyridine rings is 1. The van der Waals surface area contributed by atoms with Crippen LogP contribution in [0.25, 0.3) is 0 Å². The van der Waals surface area contributed by atoms with Crippen molar-refractivity contribution in [2.24, 2.45) is 4.99 Å². The van der Waals surface area contributed by atoms with E-state index in [1.807, 2.05) is 37.4 Å². The fraction of sp³-hybridized carbons (Fsp3) is 0.429. The van der Waals surface area contributed by atoms with Crippen LogP contribution in [0.15, 0.2) is 47.6 Å². The molecule has 7 heteroatoms. The number of aromatic nitrogens is 1. The summed E-state index contributed by atoms with van der Waals surface area (Å²) in [6, 6.07) is 11.7. The summed E-state index contributed by atoms with van der Waals surface area (Å²) in [6.45, 7) is 9.18. The first-order chi connectivity index (χ1) is 13.2. The molecule has 2 aromatic rings. The van der Waals surface area contributed by atoms with Gasteiger partial charge in [-0.1, -0.05) is 18.2 Å². The number of para-hydroxylation sites is 2. The Balaban J connectivity index is 0.00000280. The number of nitrogens with zero attached hydrogens (tertiary/aromatic N) is 4. The maximum Gasteiger partial charge on any atom is 0.194 e. The molecule has 1 aromatic heterocycles. The second-order valence-corrected chi connectivity index (χ2v) is 6.76. The van der Waals surface area contributed by atoms with Crippen molar-refractivity contribution < 1.29 is 5.11 Å². The van der Waals surface area contributed by atoms with E-state index in [1.54, 1.807) is 6.07 Å². The highest BCUT2D eigenvalue weighted by Gasteiger charge is 2.21. The minimum Gasteiger partial charge on any atom is -0.506 e. The Kier molecular flexibility index (Phi) is 8.82. The van der Waals surface area contributed by atoms with Gasteiger partial charge in [0.2, 0.25) is 0 Å². The van der Waals surface area contributed by atoms with Crippen molar-refractivity contribution in [1.82, 2.24) is 15.2 Å². The van der Waals surface area contributed by atoms with Crippen molar-refractivity contribution >= 4 is 35.6 Å². The number of anilines is 1. The highest BCUT2D eigenvalue weighted by atomic mass is 127. The summed E-state index contributed by atoms with van der Waals surface area (Å²) in [5, 5.41) is 13.5. The van der Waals surface area contributed by atoms with Crippen molar-refractivity contribution in [2.75, 3.05) is 44.2 Å². The molecule has 3 rings (SSSR count). The van der Waals surface area contributed by atoms with Gasteiger partial charge in [0.1, 0.15) is 5.75 Å². The molecule has 0 bridgehead atoms. The molecule has 0 atom stereocenters. The number of phenolic OH excluding ortho intramolecular Hbond substituents is 1. The van der Waals surface area contributed by atoms with Crippen molar-refractivity contribution in [3.05, 3.63) is 53.9 Å². The molecular weight excluding hydrogens is 465 g/mol. The highest BCUT2D eigenvalue weighted by molar-refractivity contribution is 14.0. The van der Waals surface area contributed by atoms with Crippen LogP contribution >= 0.6 is 24.0 Å². The van der Waals surface area contributed by atoms with E-state index in [2.05, 4.69) is 33.1 Å². The largest absolute Gasteiger partial charge is 0.506 e. The number of aryl methyl sites for hydroxylation is 1. The number of phenols is 1. The zero-order valence-electron chi connectivity index (χ0n) is 16.6. The standard InChI is InChI=1S/C21H29N5O.HI/c1-3-22-21(23-11-10-18-9-8-17(2)24-16-18)26-14-12-25(13-15-26)19-6-4-5-7-20(19)27;/h4-9,16,27H,3,10-15H2,1-2H3,(H,22,23);1H. The van der Waals surface area contributed by atoms with Crippen LogP contribution in [0, 0.1) is 6.92 Å². The Morgan fingerprint density at radius 1 is 1.14 bits per heavy atom. The van der Waals surface area contributed by atoms with Gasteiger partial charge in [0.05, 0.1) is 5.69 Å². The van der Waals surface area contributed by atoms with Crippen LogP contribution in [-0.4, -0.2) is 60.2 Å². The first-order valence-electron chi connectivity index (χ1n) is 9.65. The van der Waals surface area contributed by atoms with Gasteiger partial charge in [-0.05, 0) is 44.0 Å². The Morgan fingerprint density at radius 2 is 1.89 bits per heavy atom. The molecule has 1 aromatic carbocycles. The lowest BCUT2D eigenvalue weighted by Crippen LogP contribution is -2.52. The molecule has 2 heterocycles. The molecule has 1 fully saturated rings. The maximum atomic E-state index is 10.1. The number of guanidine groups is 1. The van der Waals surface area contributed by atoms with Gasteiger partial charge in [0.15, 0.2) is 5.96 Å². The quantitative estimate of drug-likeness (QED) is 0.380. The van der Waals surface area contributed by atoms with E-state index >= 15 is 0 Å². The van der Waals surface area contributed by atoms with Crippen molar-refractivity contribution in [3.63, 3.8) is 0 Å². The van der Waals surface area contributed by atoms with Crippen LogP contribution in [0.2, 0.25) is 0 Å². The third-order valence-electron chi connectivity index (χ3n) is 4.77. The van der Waals surface area contributed by atoms with Crippen molar-refractivity contribution in [1.29, 1.82) is 0 Å². The van der Waals surface area contributed by atoms with E-state index in [1.165, 1.54) is 5.56 Å². The number of hydrogen-bond acceptors (Lipinski definition) is 4. The average Bonchev–Trinajstić information content (AvgIpc) is 2.69. The van der Waals surface area contributed by atoms with E-state index < -0.39 is 0 Å². The molecule has 0 aliphatic carbocycles. The molecule has 1 aliphatic rings. The first kappa shape index (κ1) is 22.3. The molecule has 2 N–H and O–H groups in total. The predicted molar refractivity (Wildman–Crippen MR) is 126 cm³/mol. The van der Waals surface area contributed by atoms with Crippen LogP contribution < -0.4 is 10.2 Å². The number of nitrogens with one attached hydrogen (secondary N) is 1. The Labute approximate surface area is 184 Å². The van der Waals surface area contributed by atoms with E-state index in [4.69, 9.17) is 4.99 Å². The molecule has 0 unspecified atom stereocenters. The topological polar surface area (TPSA) is 64.0 Å². The molecular formula is C21H30IN5O. The van der Waals surface area contributed by atoms with Gasteiger partial charge in [-0.3, -0.25) is 9.98 Å². The van der Waals surface area contributed by atoms with E-state index in [-0.39, 0.29) is 24.0 Å². The highest BCUT2D eigenvalue weighted by Crippen LogP contribution is 2.27. The van der Waals surface area contributed by atoms with Crippen LogP contribution in [0.3, 0.4) is 0 Å². The van der Waals surface area contributed by atoms with Crippen molar-refractivity contribution in [3.8, 4) is 5.75 Å². The molecule has 1 saturated heterocycles. The molecule has 6 nitrogen and oxygen atoms in total. The summed E-state index contributed by atoms with van der Waals surface area (Å²) in [5.41, 5.74) is 3.16. The molecule has 0 amide bonds. The summed E-state index contributed by atoms with van der Waals surface area (Å²) < 4.78 is 0. The molecule has 0 spiro atoms. The van der Waals surface area contributed by atoms with Gasteiger partial charge in [-0.15, -0.1) is 24.0 Å². The van der Waals surface area contributed by atoms with Gasteiger partial charge >= 0.3 is 0 Å². The number of aliphatic imine (C=N–C) groups is 1. The molecule has 0 radical (unpaired) electrons. The molecule has 28 heavy (non-hydrogen) atoms. The fourth-order valence-electron chi connectivity index (χ4n) is 3.25. The van der Waals surface area contributed by atoms with Gasteiger partial charge in [-0.25, -0.2) is 0 Å². The number of aromatic hydroxyl groups is 1. The normalized spacial score (nSPS) is 14.6. The minimum absolute atomic E-state index is 0. The summed E-state index contributed by atoms with van der Waals surface area (Å²) in [5.74, 6) is 1.31. The number of halogens is 1. The summed E-state index contributed by atoms with van der Waals surface area (Å²) in [6.07, 6.45) is 2.82. The first-order valence-corrected chi connectivity index (χ1v) is 9.65. The third-order valence-corrected chi connectivity index (χ3v) is 4.77.